The van der Waals surface area contributed by atoms with Gasteiger partial charge in [0.15, 0.2) is 0 Å². The first-order chi connectivity index (χ1) is 6.39. The van der Waals surface area contributed by atoms with Gasteiger partial charge in [0.1, 0.15) is 0 Å². The topological polar surface area (TPSA) is 12.0 Å². The van der Waals surface area contributed by atoms with Crippen molar-refractivity contribution in [3.63, 3.8) is 0 Å². The molecule has 0 heterocycles. The minimum Gasteiger partial charge on any atom is -0.311 e. The van der Waals surface area contributed by atoms with Gasteiger partial charge in [-0.05, 0) is 37.6 Å². The van der Waals surface area contributed by atoms with Gasteiger partial charge in [-0.2, -0.15) is 0 Å². The van der Waals surface area contributed by atoms with Crippen molar-refractivity contribution in [2.45, 2.75) is 72.8 Å². The Kier molecular flexibility index (Phi) is 5.73. The van der Waals surface area contributed by atoms with Crippen molar-refractivity contribution in [3.8, 4) is 0 Å². The van der Waals surface area contributed by atoms with Gasteiger partial charge in [-0.25, -0.2) is 0 Å². The third-order valence-corrected chi connectivity index (χ3v) is 3.41. The number of hydrogen-bond donors (Lipinski definition) is 1. The molecule has 1 heteroatoms. The maximum absolute atomic E-state index is 3.74. The van der Waals surface area contributed by atoms with Gasteiger partial charge in [0, 0.05) is 5.54 Å². The maximum atomic E-state index is 3.74. The molecule has 0 atom stereocenters. The van der Waals surface area contributed by atoms with E-state index in [0.29, 0.717) is 11.0 Å². The van der Waals surface area contributed by atoms with Crippen molar-refractivity contribution < 1.29 is 0 Å². The lowest BCUT2D eigenvalue weighted by Crippen LogP contribution is -2.44. The predicted octanol–water partition coefficient (Wildman–Crippen LogP) is 3.98. The lowest BCUT2D eigenvalue weighted by Gasteiger charge is -2.33. The fourth-order valence-corrected chi connectivity index (χ4v) is 1.83. The average molecular weight is 199 g/mol. The molecule has 0 saturated heterocycles. The largest absolute Gasteiger partial charge is 0.311 e. The lowest BCUT2D eigenvalue weighted by molar-refractivity contribution is 0.264. The van der Waals surface area contributed by atoms with E-state index in [-0.39, 0.29) is 0 Å². The van der Waals surface area contributed by atoms with E-state index in [2.05, 4.69) is 46.9 Å². The summed E-state index contributed by atoms with van der Waals surface area (Å²) in [6, 6.07) is 0. The molecule has 1 nitrogen and oxygen atoms in total. The molecule has 14 heavy (non-hydrogen) atoms. The van der Waals surface area contributed by atoms with Crippen molar-refractivity contribution in [2.24, 2.45) is 5.41 Å². The standard InChI is InChI=1S/C13H29N/c1-7-13(8-2,9-3)14-11-10-12(4,5)6/h14H,7-11H2,1-6H3. The van der Waals surface area contributed by atoms with Crippen molar-refractivity contribution in [1.82, 2.24) is 5.32 Å². The maximum Gasteiger partial charge on any atom is 0.0173 e. The van der Waals surface area contributed by atoms with Crippen LogP contribution in [0.3, 0.4) is 0 Å². The Morgan fingerprint density at radius 3 is 1.57 bits per heavy atom. The lowest BCUT2D eigenvalue weighted by atomic mass is 9.88. The molecule has 0 aliphatic rings. The zero-order chi connectivity index (χ0) is 11.2. The molecule has 0 rings (SSSR count). The van der Waals surface area contributed by atoms with Crippen LogP contribution in [-0.4, -0.2) is 12.1 Å². The van der Waals surface area contributed by atoms with E-state index >= 15 is 0 Å². The van der Waals surface area contributed by atoms with Gasteiger partial charge in [0.25, 0.3) is 0 Å². The molecule has 0 radical (unpaired) electrons. The summed E-state index contributed by atoms with van der Waals surface area (Å²) in [5, 5.41) is 3.74. The zero-order valence-corrected chi connectivity index (χ0v) is 11.0. The molecule has 0 aromatic carbocycles. The highest BCUT2D eigenvalue weighted by Gasteiger charge is 2.23. The van der Waals surface area contributed by atoms with Crippen LogP contribution in [0.1, 0.15) is 67.2 Å². The van der Waals surface area contributed by atoms with Crippen LogP contribution in [-0.2, 0) is 0 Å². The summed E-state index contributed by atoms with van der Waals surface area (Å²) in [6.07, 6.45) is 4.98. The first kappa shape index (κ1) is 14.0. The molecule has 0 saturated carbocycles. The smallest absolute Gasteiger partial charge is 0.0173 e. The normalized spacial score (nSPS) is 13.3. The molecule has 0 bridgehead atoms. The SMILES string of the molecule is CCC(CC)(CC)NCCC(C)(C)C. The highest BCUT2D eigenvalue weighted by molar-refractivity contribution is 4.84. The van der Waals surface area contributed by atoms with Gasteiger partial charge < -0.3 is 5.32 Å². The highest BCUT2D eigenvalue weighted by atomic mass is 15.0. The molecular formula is C13H29N. The molecule has 1 N–H and O–H groups in total. The molecule has 86 valence electrons. The van der Waals surface area contributed by atoms with Gasteiger partial charge in [0.2, 0.25) is 0 Å². The molecular weight excluding hydrogens is 170 g/mol. The molecule has 0 aromatic rings. The third-order valence-electron chi connectivity index (χ3n) is 3.41. The summed E-state index contributed by atoms with van der Waals surface area (Å²) in [5.74, 6) is 0. The van der Waals surface area contributed by atoms with Crippen LogP contribution in [0.5, 0.6) is 0 Å². The highest BCUT2D eigenvalue weighted by Crippen LogP contribution is 2.22. The fourth-order valence-electron chi connectivity index (χ4n) is 1.83. The Labute approximate surface area is 90.7 Å². The van der Waals surface area contributed by atoms with Crippen LogP contribution >= 0.6 is 0 Å². The van der Waals surface area contributed by atoms with Gasteiger partial charge in [-0.1, -0.05) is 41.5 Å². The first-order valence-corrected chi connectivity index (χ1v) is 6.14. The van der Waals surface area contributed by atoms with Crippen molar-refractivity contribution in [2.75, 3.05) is 6.54 Å². The van der Waals surface area contributed by atoms with Gasteiger partial charge in [-0.15, -0.1) is 0 Å². The molecule has 0 unspecified atom stereocenters. The number of rotatable bonds is 6. The minimum absolute atomic E-state index is 0.394. The van der Waals surface area contributed by atoms with Crippen LogP contribution in [0.2, 0.25) is 0 Å². The van der Waals surface area contributed by atoms with E-state index in [1.54, 1.807) is 0 Å². The van der Waals surface area contributed by atoms with Crippen LogP contribution in [0, 0.1) is 5.41 Å². The van der Waals surface area contributed by atoms with Crippen LogP contribution in [0.15, 0.2) is 0 Å². The summed E-state index contributed by atoms with van der Waals surface area (Å²) in [7, 11) is 0. The Morgan fingerprint density at radius 1 is 0.857 bits per heavy atom. The summed E-state index contributed by atoms with van der Waals surface area (Å²) >= 11 is 0. The molecule has 0 amide bonds. The van der Waals surface area contributed by atoms with E-state index in [4.69, 9.17) is 0 Å². The van der Waals surface area contributed by atoms with Crippen LogP contribution in [0.25, 0.3) is 0 Å². The van der Waals surface area contributed by atoms with Crippen molar-refractivity contribution in [3.05, 3.63) is 0 Å². The Morgan fingerprint density at radius 2 is 1.29 bits per heavy atom. The number of nitrogens with one attached hydrogen (secondary N) is 1. The monoisotopic (exact) mass is 199 g/mol. The fraction of sp³-hybridized carbons (Fsp3) is 1.00. The molecule has 0 fully saturated rings. The quantitative estimate of drug-likeness (QED) is 0.682. The molecule has 0 aliphatic carbocycles. The Bertz CT molecular complexity index is 132. The number of hydrogen-bond acceptors (Lipinski definition) is 1. The van der Waals surface area contributed by atoms with Crippen molar-refractivity contribution in [1.29, 1.82) is 0 Å². The van der Waals surface area contributed by atoms with E-state index in [9.17, 15) is 0 Å². The molecule has 0 aliphatic heterocycles. The second kappa shape index (κ2) is 5.75. The summed E-state index contributed by atoms with van der Waals surface area (Å²) in [6.45, 7) is 14.9. The van der Waals surface area contributed by atoms with Crippen LogP contribution in [0.4, 0.5) is 0 Å². The minimum atomic E-state index is 0.394. The van der Waals surface area contributed by atoms with E-state index < -0.39 is 0 Å². The van der Waals surface area contributed by atoms with Gasteiger partial charge in [-0.3, -0.25) is 0 Å². The van der Waals surface area contributed by atoms with Gasteiger partial charge >= 0.3 is 0 Å². The van der Waals surface area contributed by atoms with Crippen molar-refractivity contribution >= 4 is 0 Å². The van der Waals surface area contributed by atoms with Crippen LogP contribution < -0.4 is 5.32 Å². The summed E-state index contributed by atoms with van der Waals surface area (Å²) in [5.41, 5.74) is 0.846. The van der Waals surface area contributed by atoms with E-state index in [0.717, 1.165) is 6.54 Å². The second-order valence-corrected chi connectivity index (χ2v) is 5.58. The Hall–Kier alpha value is -0.0400. The molecule has 0 aromatic heterocycles. The van der Waals surface area contributed by atoms with E-state index in [1.165, 1.54) is 25.7 Å². The zero-order valence-electron chi connectivity index (χ0n) is 11.0. The Balaban J connectivity index is 3.95. The average Bonchev–Trinajstić information content (AvgIpc) is 2.11. The van der Waals surface area contributed by atoms with E-state index in [1.807, 2.05) is 0 Å². The second-order valence-electron chi connectivity index (χ2n) is 5.58. The van der Waals surface area contributed by atoms with Gasteiger partial charge in [0.05, 0.1) is 0 Å². The molecule has 0 spiro atoms. The summed E-state index contributed by atoms with van der Waals surface area (Å²) < 4.78 is 0. The predicted molar refractivity (Wildman–Crippen MR) is 65.7 cm³/mol. The first-order valence-electron chi connectivity index (χ1n) is 6.14. The summed E-state index contributed by atoms with van der Waals surface area (Å²) in [4.78, 5) is 0. The third kappa shape index (κ3) is 4.99.